The Balaban J connectivity index is 2.10. The third kappa shape index (κ3) is 3.72. The van der Waals surface area contributed by atoms with E-state index in [2.05, 4.69) is 4.98 Å². The first-order valence-corrected chi connectivity index (χ1v) is 7.00. The molecule has 1 N–H and O–H groups in total. The van der Waals surface area contributed by atoms with E-state index in [1.54, 1.807) is 25.1 Å². The Morgan fingerprint density at radius 3 is 2.74 bits per heavy atom. The zero-order valence-corrected chi connectivity index (χ0v) is 11.9. The number of aliphatic hydroxyl groups excluding tert-OH is 1. The summed E-state index contributed by atoms with van der Waals surface area (Å²) in [5, 5.41) is 9.69. The minimum atomic E-state index is -0.476. The predicted octanol–water partition coefficient (Wildman–Crippen LogP) is 3.68. The van der Waals surface area contributed by atoms with Crippen molar-refractivity contribution in [2.24, 2.45) is 0 Å². The molecule has 1 heterocycles. The van der Waals surface area contributed by atoms with Gasteiger partial charge in [-0.2, -0.15) is 0 Å². The summed E-state index contributed by atoms with van der Waals surface area (Å²) in [6.45, 7) is 1.94. The fourth-order valence-corrected chi connectivity index (χ4v) is 2.49. The van der Waals surface area contributed by atoms with Crippen LogP contribution < -0.4 is 4.74 Å². The van der Waals surface area contributed by atoms with Crippen LogP contribution in [0.2, 0.25) is 0 Å². The quantitative estimate of drug-likeness (QED) is 0.903. The highest BCUT2D eigenvalue weighted by Gasteiger charge is 2.06. The van der Waals surface area contributed by atoms with Crippen LogP contribution in [-0.2, 0) is 0 Å². The third-order valence-electron chi connectivity index (χ3n) is 2.76. The third-order valence-corrected chi connectivity index (χ3v) is 3.73. The number of aliphatic hydroxyl groups is 1. The molecular formula is C15H17NO2S. The molecule has 1 atom stereocenters. The Morgan fingerprint density at radius 2 is 2.11 bits per heavy atom. The van der Waals surface area contributed by atoms with Crippen molar-refractivity contribution in [3.63, 3.8) is 0 Å². The van der Waals surface area contributed by atoms with Gasteiger partial charge >= 0.3 is 0 Å². The molecule has 1 aromatic heterocycles. The Morgan fingerprint density at radius 1 is 1.26 bits per heavy atom. The Kier molecular flexibility index (Phi) is 4.82. The smallest absolute Gasteiger partial charge is 0.119 e. The van der Waals surface area contributed by atoms with E-state index in [1.165, 1.54) is 0 Å². The Bertz CT molecular complexity index is 528. The first kappa shape index (κ1) is 13.9. The number of rotatable bonds is 5. The van der Waals surface area contributed by atoms with Crippen molar-refractivity contribution in [3.8, 4) is 5.75 Å². The van der Waals surface area contributed by atoms with Gasteiger partial charge in [-0.05, 0) is 36.8 Å². The summed E-state index contributed by atoms with van der Waals surface area (Å²) >= 11 is 1.62. The van der Waals surface area contributed by atoms with Gasteiger partial charge in [0.2, 0.25) is 0 Å². The van der Waals surface area contributed by atoms with Gasteiger partial charge in [0.1, 0.15) is 5.75 Å². The second kappa shape index (κ2) is 6.59. The van der Waals surface area contributed by atoms with E-state index in [0.717, 1.165) is 21.2 Å². The number of methoxy groups -OCH3 is 1. The van der Waals surface area contributed by atoms with Gasteiger partial charge in [-0.25, -0.2) is 0 Å². The van der Waals surface area contributed by atoms with Gasteiger partial charge in [-0.15, -0.1) is 0 Å². The molecule has 4 heteroatoms. The zero-order valence-electron chi connectivity index (χ0n) is 11.0. The maximum atomic E-state index is 9.69. The molecule has 0 saturated carbocycles. The van der Waals surface area contributed by atoms with Gasteiger partial charge in [0.15, 0.2) is 0 Å². The molecule has 0 bridgehead atoms. The molecule has 3 nitrogen and oxygen atoms in total. The number of pyridine rings is 1. The average Bonchev–Trinajstić information content (AvgIpc) is 2.47. The highest BCUT2D eigenvalue weighted by molar-refractivity contribution is 7.99. The van der Waals surface area contributed by atoms with Crippen LogP contribution in [0.4, 0.5) is 0 Å². The van der Waals surface area contributed by atoms with Crippen molar-refractivity contribution in [1.29, 1.82) is 0 Å². The van der Waals surface area contributed by atoms with Crippen molar-refractivity contribution < 1.29 is 9.84 Å². The lowest BCUT2D eigenvalue weighted by atomic mass is 10.2. The van der Waals surface area contributed by atoms with Gasteiger partial charge in [-0.3, -0.25) is 4.98 Å². The number of nitrogens with zero attached hydrogens (tertiary/aromatic N) is 1. The maximum Gasteiger partial charge on any atom is 0.119 e. The molecule has 0 unspecified atom stereocenters. The second-order valence-corrected chi connectivity index (χ2v) is 5.27. The number of benzene rings is 1. The van der Waals surface area contributed by atoms with Crippen LogP contribution in [0.25, 0.3) is 0 Å². The molecule has 0 saturated heterocycles. The minimum absolute atomic E-state index is 0.476. The van der Waals surface area contributed by atoms with Crippen LogP contribution in [0, 0.1) is 0 Å². The van der Waals surface area contributed by atoms with E-state index in [4.69, 9.17) is 4.74 Å². The molecule has 1 aromatic carbocycles. The molecule has 0 aliphatic heterocycles. The van der Waals surface area contributed by atoms with Crippen molar-refractivity contribution >= 4 is 11.8 Å². The molecule has 0 radical (unpaired) electrons. The predicted molar refractivity (Wildman–Crippen MR) is 76.6 cm³/mol. The zero-order chi connectivity index (χ0) is 13.7. The summed E-state index contributed by atoms with van der Waals surface area (Å²) < 4.78 is 5.20. The monoisotopic (exact) mass is 275 g/mol. The summed E-state index contributed by atoms with van der Waals surface area (Å²) in [6, 6.07) is 11.7. The van der Waals surface area contributed by atoms with E-state index in [9.17, 15) is 5.11 Å². The first-order valence-electron chi connectivity index (χ1n) is 6.19. The Hall–Kier alpha value is -1.52. The Labute approximate surface area is 117 Å². The molecular weight excluding hydrogens is 258 g/mol. The lowest BCUT2D eigenvalue weighted by molar-refractivity contribution is 0.169. The lowest BCUT2D eigenvalue weighted by Gasteiger charge is -2.08. The number of hydrogen-bond acceptors (Lipinski definition) is 4. The van der Waals surface area contributed by atoms with Gasteiger partial charge in [0.25, 0.3) is 0 Å². The van der Waals surface area contributed by atoms with Crippen LogP contribution in [-0.4, -0.2) is 17.2 Å². The van der Waals surface area contributed by atoms with Crippen LogP contribution >= 0.6 is 11.8 Å². The summed E-state index contributed by atoms with van der Waals surface area (Å²) in [7, 11) is 1.66. The van der Waals surface area contributed by atoms with Gasteiger partial charge in [0.05, 0.1) is 18.9 Å². The van der Waals surface area contributed by atoms with Crippen LogP contribution in [0.1, 0.15) is 25.1 Å². The van der Waals surface area contributed by atoms with Gasteiger partial charge in [-0.1, -0.05) is 24.8 Å². The van der Waals surface area contributed by atoms with Crippen molar-refractivity contribution in [2.75, 3.05) is 7.11 Å². The van der Waals surface area contributed by atoms with Crippen molar-refractivity contribution in [1.82, 2.24) is 4.98 Å². The molecule has 19 heavy (non-hydrogen) atoms. The molecule has 0 fully saturated rings. The maximum absolute atomic E-state index is 9.69. The molecule has 100 valence electrons. The molecule has 0 aliphatic rings. The number of aromatic nitrogens is 1. The molecule has 0 aliphatic carbocycles. The fourth-order valence-electron chi connectivity index (χ4n) is 1.66. The number of hydrogen-bond donors (Lipinski definition) is 1. The fraction of sp³-hybridized carbons (Fsp3) is 0.267. The lowest BCUT2D eigenvalue weighted by Crippen LogP contribution is -1.97. The average molecular weight is 275 g/mol. The minimum Gasteiger partial charge on any atom is -0.497 e. The summed E-state index contributed by atoms with van der Waals surface area (Å²) in [6.07, 6.45) is 1.99. The topological polar surface area (TPSA) is 42.4 Å². The highest BCUT2D eigenvalue weighted by atomic mass is 32.2. The second-order valence-electron chi connectivity index (χ2n) is 4.12. The SMILES string of the molecule is CC[C@@H](O)c1ccc(Sc2cccc(OC)c2)cn1. The summed E-state index contributed by atoms with van der Waals surface area (Å²) in [5.41, 5.74) is 0.720. The molecule has 0 spiro atoms. The molecule has 2 rings (SSSR count). The van der Waals surface area contributed by atoms with Crippen LogP contribution in [0.3, 0.4) is 0 Å². The van der Waals surface area contributed by atoms with Gasteiger partial charge < -0.3 is 9.84 Å². The van der Waals surface area contributed by atoms with Crippen LogP contribution in [0.5, 0.6) is 5.75 Å². The largest absolute Gasteiger partial charge is 0.497 e. The van der Waals surface area contributed by atoms with Gasteiger partial charge in [0, 0.05) is 16.0 Å². The molecule has 2 aromatic rings. The van der Waals surface area contributed by atoms with E-state index >= 15 is 0 Å². The first-order chi connectivity index (χ1) is 9.22. The summed E-state index contributed by atoms with van der Waals surface area (Å²) in [5.74, 6) is 0.844. The van der Waals surface area contributed by atoms with E-state index in [1.807, 2.05) is 43.3 Å². The van der Waals surface area contributed by atoms with E-state index < -0.39 is 6.10 Å². The summed E-state index contributed by atoms with van der Waals surface area (Å²) in [4.78, 5) is 6.43. The van der Waals surface area contributed by atoms with Crippen molar-refractivity contribution in [3.05, 3.63) is 48.3 Å². The van der Waals surface area contributed by atoms with Crippen LogP contribution in [0.15, 0.2) is 52.4 Å². The highest BCUT2D eigenvalue weighted by Crippen LogP contribution is 2.30. The number of ether oxygens (including phenoxy) is 1. The van der Waals surface area contributed by atoms with Crippen molar-refractivity contribution in [2.45, 2.75) is 29.2 Å². The standard InChI is InChI=1S/C15H17NO2S/c1-3-15(17)14-8-7-13(10-16-14)19-12-6-4-5-11(9-12)18-2/h4-10,15,17H,3H2,1-2H3/t15-/m1/s1. The van der Waals surface area contributed by atoms with E-state index in [0.29, 0.717) is 6.42 Å². The molecule has 0 amide bonds. The normalized spacial score (nSPS) is 12.2. The van der Waals surface area contributed by atoms with E-state index in [-0.39, 0.29) is 0 Å².